The number of hydrogen-bond acceptors (Lipinski definition) is 6. The highest BCUT2D eigenvalue weighted by Crippen LogP contribution is 2.21. The molecule has 0 saturated carbocycles. The van der Waals surface area contributed by atoms with Gasteiger partial charge in [0.2, 0.25) is 0 Å². The summed E-state index contributed by atoms with van der Waals surface area (Å²) in [5.74, 6) is -2.21. The SMILES string of the molecule is CC(NC(=O)c1cc([N+](=O)[O-])cc(S(C)(=O)=O)c1)C(=O)O. The van der Waals surface area contributed by atoms with Crippen molar-refractivity contribution in [3.8, 4) is 0 Å². The molecule has 114 valence electrons. The van der Waals surface area contributed by atoms with Crippen LogP contribution in [0, 0.1) is 10.1 Å². The van der Waals surface area contributed by atoms with E-state index >= 15 is 0 Å². The first kappa shape index (κ1) is 16.6. The number of nitrogens with zero attached hydrogens (tertiary/aromatic N) is 1. The van der Waals surface area contributed by atoms with Gasteiger partial charge < -0.3 is 10.4 Å². The van der Waals surface area contributed by atoms with Gasteiger partial charge in [-0.05, 0) is 13.0 Å². The minimum absolute atomic E-state index is 0.308. The van der Waals surface area contributed by atoms with Gasteiger partial charge in [0.15, 0.2) is 9.84 Å². The predicted octanol–water partition coefficient (Wildman–Crippen LogP) is 0.201. The lowest BCUT2D eigenvalue weighted by Gasteiger charge is -2.10. The van der Waals surface area contributed by atoms with Gasteiger partial charge >= 0.3 is 5.97 Å². The molecule has 10 heteroatoms. The Hall–Kier alpha value is -2.49. The van der Waals surface area contributed by atoms with E-state index < -0.39 is 43.3 Å². The molecule has 0 aromatic heterocycles. The molecule has 1 aromatic carbocycles. The van der Waals surface area contributed by atoms with E-state index in [2.05, 4.69) is 5.32 Å². The van der Waals surface area contributed by atoms with Crippen molar-refractivity contribution in [2.24, 2.45) is 0 Å². The normalized spacial score (nSPS) is 12.5. The van der Waals surface area contributed by atoms with Crippen LogP contribution >= 0.6 is 0 Å². The molecule has 0 aliphatic carbocycles. The van der Waals surface area contributed by atoms with Crippen molar-refractivity contribution in [2.75, 3.05) is 6.26 Å². The minimum Gasteiger partial charge on any atom is -0.480 e. The second-order valence-corrected chi connectivity index (χ2v) is 6.29. The second kappa shape index (κ2) is 5.87. The summed E-state index contributed by atoms with van der Waals surface area (Å²) in [5, 5.41) is 21.5. The van der Waals surface area contributed by atoms with E-state index in [0.717, 1.165) is 24.5 Å². The maximum absolute atomic E-state index is 11.8. The van der Waals surface area contributed by atoms with Crippen LogP contribution in [0.2, 0.25) is 0 Å². The highest BCUT2D eigenvalue weighted by atomic mass is 32.2. The minimum atomic E-state index is -3.76. The Morgan fingerprint density at radius 1 is 1.33 bits per heavy atom. The highest BCUT2D eigenvalue weighted by molar-refractivity contribution is 7.90. The second-order valence-electron chi connectivity index (χ2n) is 4.28. The number of hydrogen-bond donors (Lipinski definition) is 2. The summed E-state index contributed by atoms with van der Waals surface area (Å²) in [4.78, 5) is 32.0. The molecule has 2 N–H and O–H groups in total. The van der Waals surface area contributed by atoms with E-state index in [0.29, 0.717) is 0 Å². The smallest absolute Gasteiger partial charge is 0.325 e. The van der Waals surface area contributed by atoms with Gasteiger partial charge in [0, 0.05) is 24.0 Å². The number of benzene rings is 1. The molecule has 0 bridgehead atoms. The predicted molar refractivity (Wildman–Crippen MR) is 70.8 cm³/mol. The molecule has 0 saturated heterocycles. The lowest BCUT2D eigenvalue weighted by molar-refractivity contribution is -0.385. The van der Waals surface area contributed by atoms with E-state index in [1.165, 1.54) is 6.92 Å². The number of carbonyl (C=O) groups excluding carboxylic acids is 1. The number of nitrogens with one attached hydrogen (secondary N) is 1. The summed E-state index contributed by atoms with van der Waals surface area (Å²) >= 11 is 0. The van der Waals surface area contributed by atoms with E-state index in [9.17, 15) is 28.1 Å². The number of non-ortho nitro benzene ring substituents is 1. The van der Waals surface area contributed by atoms with Crippen LogP contribution in [0.3, 0.4) is 0 Å². The van der Waals surface area contributed by atoms with Crippen LogP contribution in [0.1, 0.15) is 17.3 Å². The van der Waals surface area contributed by atoms with E-state index in [-0.39, 0.29) is 5.56 Å². The number of amides is 1. The largest absolute Gasteiger partial charge is 0.480 e. The monoisotopic (exact) mass is 316 g/mol. The molecule has 0 radical (unpaired) electrons. The molecular weight excluding hydrogens is 304 g/mol. The van der Waals surface area contributed by atoms with Crippen LogP contribution in [-0.4, -0.2) is 42.6 Å². The third kappa shape index (κ3) is 4.24. The number of rotatable bonds is 5. The van der Waals surface area contributed by atoms with Crippen LogP contribution in [0.4, 0.5) is 5.69 Å². The first-order valence-electron chi connectivity index (χ1n) is 5.55. The van der Waals surface area contributed by atoms with E-state index in [4.69, 9.17) is 5.11 Å². The first-order chi connectivity index (χ1) is 9.52. The molecule has 21 heavy (non-hydrogen) atoms. The summed E-state index contributed by atoms with van der Waals surface area (Å²) in [6.45, 7) is 1.20. The molecule has 0 aliphatic rings. The van der Waals surface area contributed by atoms with Gasteiger partial charge in [-0.25, -0.2) is 8.42 Å². The molecule has 1 rings (SSSR count). The first-order valence-corrected chi connectivity index (χ1v) is 7.44. The molecule has 0 aliphatic heterocycles. The molecule has 0 spiro atoms. The third-order valence-electron chi connectivity index (χ3n) is 2.51. The number of carboxylic acid groups (broad SMARTS) is 1. The number of aliphatic carboxylic acids is 1. The number of carboxylic acids is 1. The van der Waals surface area contributed by atoms with Crippen LogP contribution in [-0.2, 0) is 14.6 Å². The zero-order chi connectivity index (χ0) is 16.4. The van der Waals surface area contributed by atoms with Gasteiger partial charge in [-0.3, -0.25) is 19.7 Å². The van der Waals surface area contributed by atoms with Crippen molar-refractivity contribution >= 4 is 27.4 Å². The molecule has 1 amide bonds. The lowest BCUT2D eigenvalue weighted by Crippen LogP contribution is -2.38. The zero-order valence-corrected chi connectivity index (χ0v) is 11.9. The Kier molecular flexibility index (Phi) is 4.63. The molecule has 1 aromatic rings. The van der Waals surface area contributed by atoms with Crippen molar-refractivity contribution < 1.29 is 28.0 Å². The summed E-state index contributed by atoms with van der Waals surface area (Å²) < 4.78 is 22.9. The molecular formula is C11H12N2O7S. The molecule has 0 heterocycles. The summed E-state index contributed by atoms with van der Waals surface area (Å²) in [7, 11) is -3.76. The topological polar surface area (TPSA) is 144 Å². The van der Waals surface area contributed by atoms with Crippen LogP contribution in [0.25, 0.3) is 0 Å². The van der Waals surface area contributed by atoms with Crippen molar-refractivity contribution in [3.05, 3.63) is 33.9 Å². The maximum atomic E-state index is 11.8. The van der Waals surface area contributed by atoms with Crippen molar-refractivity contribution in [3.63, 3.8) is 0 Å². The van der Waals surface area contributed by atoms with Gasteiger partial charge in [0.25, 0.3) is 11.6 Å². The Bertz CT molecular complexity index is 711. The fraction of sp³-hybridized carbons (Fsp3) is 0.273. The Morgan fingerprint density at radius 3 is 2.33 bits per heavy atom. The van der Waals surface area contributed by atoms with E-state index in [1.807, 2.05) is 0 Å². The van der Waals surface area contributed by atoms with Crippen molar-refractivity contribution in [1.29, 1.82) is 0 Å². The number of nitro benzene ring substituents is 1. The highest BCUT2D eigenvalue weighted by Gasteiger charge is 2.21. The maximum Gasteiger partial charge on any atom is 0.325 e. The molecule has 0 fully saturated rings. The number of sulfone groups is 1. The lowest BCUT2D eigenvalue weighted by atomic mass is 10.1. The number of carbonyl (C=O) groups is 2. The Balaban J connectivity index is 3.29. The summed E-state index contributed by atoms with van der Waals surface area (Å²) in [5.41, 5.74) is -0.885. The van der Waals surface area contributed by atoms with Gasteiger partial charge in [-0.2, -0.15) is 0 Å². The Labute approximate surface area is 119 Å². The standard InChI is InChI=1S/C11H12N2O7S/c1-6(11(15)16)12-10(14)7-3-8(13(17)18)5-9(4-7)21(2,19)20/h3-6H,1-2H3,(H,12,14)(H,15,16). The van der Waals surface area contributed by atoms with Gasteiger partial charge in [-0.15, -0.1) is 0 Å². The van der Waals surface area contributed by atoms with Crippen molar-refractivity contribution in [1.82, 2.24) is 5.32 Å². The fourth-order valence-corrected chi connectivity index (χ4v) is 2.05. The van der Waals surface area contributed by atoms with Crippen molar-refractivity contribution in [2.45, 2.75) is 17.9 Å². The molecule has 9 nitrogen and oxygen atoms in total. The van der Waals surface area contributed by atoms with Crippen LogP contribution in [0.15, 0.2) is 23.1 Å². The van der Waals surface area contributed by atoms with Crippen LogP contribution in [0.5, 0.6) is 0 Å². The van der Waals surface area contributed by atoms with Gasteiger partial charge in [-0.1, -0.05) is 0 Å². The summed E-state index contributed by atoms with van der Waals surface area (Å²) in [6, 6.07) is 1.43. The fourth-order valence-electron chi connectivity index (χ4n) is 1.38. The quantitative estimate of drug-likeness (QED) is 0.583. The van der Waals surface area contributed by atoms with Crippen LogP contribution < -0.4 is 5.32 Å². The van der Waals surface area contributed by atoms with Gasteiger partial charge in [0.05, 0.1) is 9.82 Å². The molecule has 1 atom stereocenters. The third-order valence-corrected chi connectivity index (χ3v) is 3.60. The average molecular weight is 316 g/mol. The Morgan fingerprint density at radius 2 is 1.90 bits per heavy atom. The zero-order valence-electron chi connectivity index (χ0n) is 11.1. The number of nitro groups is 1. The van der Waals surface area contributed by atoms with E-state index in [1.54, 1.807) is 0 Å². The molecule has 1 unspecified atom stereocenters. The summed E-state index contributed by atoms with van der Waals surface area (Å²) in [6.07, 6.45) is 0.841. The average Bonchev–Trinajstić information content (AvgIpc) is 2.36. The van der Waals surface area contributed by atoms with Gasteiger partial charge in [0.1, 0.15) is 6.04 Å².